The van der Waals surface area contributed by atoms with Gasteiger partial charge in [-0.25, -0.2) is 0 Å². The molecular formula is C23H41NO5. The molecule has 1 saturated heterocycles. The van der Waals surface area contributed by atoms with Gasteiger partial charge in [0.1, 0.15) is 0 Å². The van der Waals surface area contributed by atoms with Gasteiger partial charge in [-0.05, 0) is 56.9 Å². The Labute approximate surface area is 176 Å². The van der Waals surface area contributed by atoms with Gasteiger partial charge >= 0.3 is 0 Å². The van der Waals surface area contributed by atoms with Crippen LogP contribution in [0.3, 0.4) is 0 Å². The molecule has 29 heavy (non-hydrogen) atoms. The molecule has 0 spiro atoms. The molecular weight excluding hydrogens is 370 g/mol. The summed E-state index contributed by atoms with van der Waals surface area (Å²) in [5, 5.41) is 0. The van der Waals surface area contributed by atoms with Crippen LogP contribution >= 0.6 is 0 Å². The molecule has 4 rings (SSSR count). The monoisotopic (exact) mass is 411 g/mol. The van der Waals surface area contributed by atoms with Crippen LogP contribution in [-0.4, -0.2) is 90.6 Å². The standard InChI is InChI=1S/C23H41NO5/c1-24-12-16-14(7-8-17(25-2)23(16)29-6)21-20(28-5)10-13-9-18(26-3)19(27-4)11-15(13)22(21)24/h13-23H,7-12H2,1-6H3. The van der Waals surface area contributed by atoms with Gasteiger partial charge < -0.3 is 28.6 Å². The normalized spacial score (nSPS) is 50.5. The molecule has 0 bridgehead atoms. The zero-order valence-electron chi connectivity index (χ0n) is 19.1. The zero-order chi connectivity index (χ0) is 20.7. The molecule has 11 unspecified atom stereocenters. The van der Waals surface area contributed by atoms with Gasteiger partial charge in [0.2, 0.25) is 0 Å². The predicted molar refractivity (Wildman–Crippen MR) is 111 cm³/mol. The van der Waals surface area contributed by atoms with Crippen molar-refractivity contribution in [3.63, 3.8) is 0 Å². The number of ether oxygens (including phenoxy) is 5. The molecule has 1 heterocycles. The average molecular weight is 412 g/mol. The first kappa shape index (κ1) is 22.0. The van der Waals surface area contributed by atoms with Crippen LogP contribution in [0.5, 0.6) is 0 Å². The van der Waals surface area contributed by atoms with E-state index in [0.29, 0.717) is 41.7 Å². The van der Waals surface area contributed by atoms with Gasteiger partial charge in [-0.3, -0.25) is 0 Å². The third kappa shape index (κ3) is 3.68. The Hall–Kier alpha value is -0.240. The summed E-state index contributed by atoms with van der Waals surface area (Å²) in [4.78, 5) is 2.62. The van der Waals surface area contributed by atoms with Gasteiger partial charge in [0.15, 0.2) is 0 Å². The van der Waals surface area contributed by atoms with E-state index in [4.69, 9.17) is 23.7 Å². The van der Waals surface area contributed by atoms with Crippen LogP contribution < -0.4 is 0 Å². The highest BCUT2D eigenvalue weighted by Gasteiger charge is 2.58. The number of nitrogens with zero attached hydrogens (tertiary/aromatic N) is 1. The number of methoxy groups -OCH3 is 5. The minimum Gasteiger partial charge on any atom is -0.381 e. The molecule has 1 aliphatic heterocycles. The lowest BCUT2D eigenvalue weighted by Crippen LogP contribution is -2.67. The number of fused-ring (bicyclic) bond motifs is 5. The van der Waals surface area contributed by atoms with Gasteiger partial charge in [-0.15, -0.1) is 0 Å². The second kappa shape index (κ2) is 9.09. The van der Waals surface area contributed by atoms with Crippen molar-refractivity contribution >= 4 is 0 Å². The summed E-state index contributed by atoms with van der Waals surface area (Å²) in [7, 11) is 11.6. The highest BCUT2D eigenvalue weighted by Crippen LogP contribution is 2.54. The van der Waals surface area contributed by atoms with Crippen molar-refractivity contribution in [3.8, 4) is 0 Å². The third-order valence-electron chi connectivity index (χ3n) is 8.97. The van der Waals surface area contributed by atoms with Gasteiger partial charge in [-0.1, -0.05) is 0 Å². The van der Waals surface area contributed by atoms with E-state index in [0.717, 1.165) is 32.2 Å². The predicted octanol–water partition coefficient (Wildman–Crippen LogP) is 2.45. The van der Waals surface area contributed by atoms with E-state index >= 15 is 0 Å². The summed E-state index contributed by atoms with van der Waals surface area (Å²) in [5.74, 6) is 2.99. The molecule has 4 aliphatic rings. The summed E-state index contributed by atoms with van der Waals surface area (Å²) in [6.07, 6.45) is 6.70. The Kier molecular flexibility index (Phi) is 6.89. The van der Waals surface area contributed by atoms with Crippen LogP contribution in [0.25, 0.3) is 0 Å². The first-order chi connectivity index (χ1) is 14.1. The smallest absolute Gasteiger partial charge is 0.0875 e. The van der Waals surface area contributed by atoms with Crippen molar-refractivity contribution in [2.24, 2.45) is 29.6 Å². The van der Waals surface area contributed by atoms with Crippen LogP contribution in [0.4, 0.5) is 0 Å². The number of hydrogen-bond acceptors (Lipinski definition) is 6. The van der Waals surface area contributed by atoms with Crippen molar-refractivity contribution in [3.05, 3.63) is 0 Å². The number of piperidine rings is 1. The lowest BCUT2D eigenvalue weighted by molar-refractivity contribution is -0.202. The first-order valence-electron chi connectivity index (χ1n) is 11.4. The Morgan fingerprint density at radius 2 is 1.24 bits per heavy atom. The average Bonchev–Trinajstić information content (AvgIpc) is 2.76. The van der Waals surface area contributed by atoms with Crippen molar-refractivity contribution in [2.45, 2.75) is 68.7 Å². The highest BCUT2D eigenvalue weighted by molar-refractivity contribution is 5.09. The topological polar surface area (TPSA) is 49.4 Å². The van der Waals surface area contributed by atoms with Crippen molar-refractivity contribution in [2.75, 3.05) is 49.1 Å². The summed E-state index contributed by atoms with van der Waals surface area (Å²) < 4.78 is 29.7. The SMILES string of the molecule is COC1CC2CC(OC)C3C4CCC(OC)C(OC)C4CN(C)C3C2CC1OC. The van der Waals surface area contributed by atoms with Gasteiger partial charge in [0.25, 0.3) is 0 Å². The quantitative estimate of drug-likeness (QED) is 0.693. The van der Waals surface area contributed by atoms with Crippen LogP contribution in [0, 0.1) is 29.6 Å². The first-order valence-corrected chi connectivity index (χ1v) is 11.4. The molecule has 3 saturated carbocycles. The Bertz CT molecular complexity index is 547. The second-order valence-electron chi connectivity index (χ2n) is 9.84. The summed E-state index contributed by atoms with van der Waals surface area (Å²) in [6.45, 7) is 1.08. The molecule has 4 fully saturated rings. The highest BCUT2D eigenvalue weighted by atomic mass is 16.5. The summed E-state index contributed by atoms with van der Waals surface area (Å²) in [6, 6.07) is 0.548. The fourth-order valence-corrected chi connectivity index (χ4v) is 7.79. The zero-order valence-corrected chi connectivity index (χ0v) is 19.1. The Balaban J connectivity index is 1.63. The van der Waals surface area contributed by atoms with E-state index in [1.54, 1.807) is 0 Å². The number of rotatable bonds is 5. The maximum atomic E-state index is 6.18. The molecule has 11 atom stereocenters. The third-order valence-corrected chi connectivity index (χ3v) is 8.97. The molecule has 0 aromatic rings. The van der Waals surface area contributed by atoms with Crippen LogP contribution in [0.2, 0.25) is 0 Å². The molecule has 0 aromatic heterocycles. The minimum atomic E-state index is 0.174. The maximum Gasteiger partial charge on any atom is 0.0875 e. The van der Waals surface area contributed by atoms with E-state index in [9.17, 15) is 0 Å². The maximum absolute atomic E-state index is 6.18. The molecule has 6 heteroatoms. The van der Waals surface area contributed by atoms with E-state index in [1.165, 1.54) is 6.42 Å². The van der Waals surface area contributed by atoms with E-state index in [2.05, 4.69) is 11.9 Å². The molecule has 0 radical (unpaired) electrons. The minimum absolute atomic E-state index is 0.174. The molecule has 0 N–H and O–H groups in total. The molecule has 0 amide bonds. The molecule has 6 nitrogen and oxygen atoms in total. The summed E-state index contributed by atoms with van der Waals surface area (Å²) in [5.41, 5.74) is 0. The van der Waals surface area contributed by atoms with E-state index < -0.39 is 0 Å². The number of likely N-dealkylation sites (tertiary alicyclic amines) is 1. The van der Waals surface area contributed by atoms with Crippen molar-refractivity contribution in [1.29, 1.82) is 0 Å². The molecule has 0 aromatic carbocycles. The van der Waals surface area contributed by atoms with Crippen molar-refractivity contribution < 1.29 is 23.7 Å². The van der Waals surface area contributed by atoms with E-state index in [-0.39, 0.29) is 24.4 Å². The second-order valence-corrected chi connectivity index (χ2v) is 9.84. The summed E-state index contributed by atoms with van der Waals surface area (Å²) >= 11 is 0. The van der Waals surface area contributed by atoms with Crippen LogP contribution in [-0.2, 0) is 23.7 Å². The fourth-order valence-electron chi connectivity index (χ4n) is 7.79. The van der Waals surface area contributed by atoms with Crippen LogP contribution in [0.15, 0.2) is 0 Å². The largest absolute Gasteiger partial charge is 0.381 e. The molecule has 3 aliphatic carbocycles. The lowest BCUT2D eigenvalue weighted by Gasteiger charge is -2.62. The molecule has 168 valence electrons. The van der Waals surface area contributed by atoms with Gasteiger partial charge in [0, 0.05) is 60.0 Å². The van der Waals surface area contributed by atoms with Crippen molar-refractivity contribution in [1.82, 2.24) is 4.90 Å². The van der Waals surface area contributed by atoms with Crippen LogP contribution in [0.1, 0.15) is 32.1 Å². The lowest BCUT2D eigenvalue weighted by atomic mass is 9.54. The fraction of sp³-hybridized carbons (Fsp3) is 1.00. The number of hydrogen-bond donors (Lipinski definition) is 0. The van der Waals surface area contributed by atoms with E-state index in [1.807, 2.05) is 35.5 Å². The van der Waals surface area contributed by atoms with Gasteiger partial charge in [-0.2, -0.15) is 0 Å². The Morgan fingerprint density at radius 1 is 0.621 bits per heavy atom. The van der Waals surface area contributed by atoms with Gasteiger partial charge in [0.05, 0.1) is 30.5 Å². The Morgan fingerprint density at radius 3 is 1.86 bits per heavy atom.